The molecule has 1 N–H and O–H groups in total. The Hall–Kier alpha value is -2.59. The van der Waals surface area contributed by atoms with Crippen molar-refractivity contribution in [3.63, 3.8) is 0 Å². The van der Waals surface area contributed by atoms with E-state index in [1.807, 2.05) is 24.3 Å². The quantitative estimate of drug-likeness (QED) is 0.255. The SMILES string of the molecule is C[C@@H](C(=O)NC1CCCCC1)N(Cc1cccc(Br)c1)C(=O)CN(c1cc(Cl)cc(Cl)c1)S(=O)(=O)c1ccccc1. The van der Waals surface area contributed by atoms with Crippen molar-refractivity contribution in [2.45, 2.75) is 62.6 Å². The number of sulfonamides is 1. The van der Waals surface area contributed by atoms with Gasteiger partial charge in [0.15, 0.2) is 0 Å². The van der Waals surface area contributed by atoms with E-state index in [0.717, 1.165) is 46.4 Å². The van der Waals surface area contributed by atoms with Gasteiger partial charge in [0.05, 0.1) is 10.6 Å². The molecule has 1 fully saturated rings. The number of carbonyl (C=O) groups excluding carboxylic acids is 2. The van der Waals surface area contributed by atoms with Crippen molar-refractivity contribution < 1.29 is 18.0 Å². The summed E-state index contributed by atoms with van der Waals surface area (Å²) in [7, 11) is -4.20. The molecule has 4 rings (SSSR count). The molecule has 0 heterocycles. The fourth-order valence-electron chi connectivity index (χ4n) is 4.92. The number of halogens is 3. The molecule has 1 atom stereocenters. The average Bonchev–Trinajstić information content (AvgIpc) is 2.94. The predicted octanol–water partition coefficient (Wildman–Crippen LogP) is 6.82. The van der Waals surface area contributed by atoms with Crippen molar-refractivity contribution in [1.29, 1.82) is 0 Å². The molecule has 1 aliphatic rings. The van der Waals surface area contributed by atoms with Gasteiger partial charge in [-0.2, -0.15) is 0 Å². The van der Waals surface area contributed by atoms with Crippen molar-refractivity contribution in [1.82, 2.24) is 10.2 Å². The Morgan fingerprint density at radius 1 is 0.951 bits per heavy atom. The molecule has 41 heavy (non-hydrogen) atoms. The lowest BCUT2D eigenvalue weighted by atomic mass is 9.95. The van der Waals surface area contributed by atoms with Crippen LogP contribution in [0.1, 0.15) is 44.6 Å². The van der Waals surface area contributed by atoms with Crippen LogP contribution in [0.25, 0.3) is 0 Å². The predicted molar refractivity (Wildman–Crippen MR) is 167 cm³/mol. The van der Waals surface area contributed by atoms with Gasteiger partial charge in [-0.3, -0.25) is 13.9 Å². The molecule has 2 amide bonds. The van der Waals surface area contributed by atoms with Crippen molar-refractivity contribution >= 4 is 66.7 Å². The van der Waals surface area contributed by atoms with E-state index in [1.165, 1.54) is 35.2 Å². The lowest BCUT2D eigenvalue weighted by Gasteiger charge is -2.33. The minimum absolute atomic E-state index is 0.00512. The molecule has 1 saturated carbocycles. The Kier molecular flexibility index (Phi) is 10.7. The third kappa shape index (κ3) is 8.25. The number of nitrogens with one attached hydrogen (secondary N) is 1. The third-order valence-electron chi connectivity index (χ3n) is 7.11. The molecule has 0 bridgehead atoms. The van der Waals surface area contributed by atoms with E-state index in [0.29, 0.717) is 0 Å². The lowest BCUT2D eigenvalue weighted by molar-refractivity contribution is -0.139. The first-order valence-corrected chi connectivity index (χ1v) is 16.4. The molecule has 0 spiro atoms. The van der Waals surface area contributed by atoms with Crippen LogP contribution in [0.2, 0.25) is 10.0 Å². The first-order chi connectivity index (χ1) is 19.5. The number of amides is 2. The molecule has 0 saturated heterocycles. The number of nitrogens with zero attached hydrogens (tertiary/aromatic N) is 2. The standard InChI is InChI=1S/C30H32BrCl2N3O4S/c1-21(30(38)34-26-11-4-2-5-12-26)35(19-22-9-8-10-23(31)15-22)29(37)20-36(27-17-24(32)16-25(33)18-27)41(39,40)28-13-6-3-7-14-28/h3,6-10,13-18,21,26H,2,4-5,11-12,19-20H2,1H3,(H,34,38)/t21-/m0/s1. The van der Waals surface area contributed by atoms with Gasteiger partial charge in [0, 0.05) is 27.1 Å². The number of anilines is 1. The Bertz CT molecular complexity index is 1460. The van der Waals surface area contributed by atoms with Crippen molar-refractivity contribution in [2.75, 3.05) is 10.8 Å². The molecule has 1 aliphatic carbocycles. The molecule has 7 nitrogen and oxygen atoms in total. The van der Waals surface area contributed by atoms with Crippen LogP contribution in [-0.4, -0.2) is 43.8 Å². The van der Waals surface area contributed by atoms with Crippen LogP contribution in [0.15, 0.2) is 82.2 Å². The summed E-state index contributed by atoms with van der Waals surface area (Å²) in [5.41, 5.74) is 0.926. The first kappa shape index (κ1) is 31.3. The Morgan fingerprint density at radius 2 is 1.61 bits per heavy atom. The van der Waals surface area contributed by atoms with Crippen LogP contribution in [-0.2, 0) is 26.2 Å². The number of rotatable bonds is 10. The summed E-state index contributed by atoms with van der Waals surface area (Å²) in [6.07, 6.45) is 5.05. The zero-order chi connectivity index (χ0) is 29.6. The molecule has 218 valence electrons. The highest BCUT2D eigenvalue weighted by Gasteiger charge is 2.33. The average molecular weight is 681 g/mol. The van der Waals surface area contributed by atoms with E-state index in [9.17, 15) is 18.0 Å². The van der Waals surface area contributed by atoms with Crippen LogP contribution in [0.5, 0.6) is 0 Å². The van der Waals surface area contributed by atoms with E-state index in [1.54, 1.807) is 25.1 Å². The minimum atomic E-state index is -4.20. The summed E-state index contributed by atoms with van der Waals surface area (Å²) >= 11 is 15.9. The van der Waals surface area contributed by atoms with E-state index in [2.05, 4.69) is 21.2 Å². The van der Waals surface area contributed by atoms with Gasteiger partial charge in [0.2, 0.25) is 11.8 Å². The first-order valence-electron chi connectivity index (χ1n) is 13.4. The van der Waals surface area contributed by atoms with Crippen molar-refractivity contribution in [3.8, 4) is 0 Å². The number of hydrogen-bond donors (Lipinski definition) is 1. The molecule has 3 aromatic rings. The monoisotopic (exact) mass is 679 g/mol. The molecule has 0 aromatic heterocycles. The molecule has 0 aliphatic heterocycles. The second kappa shape index (κ2) is 14.1. The molecule has 11 heteroatoms. The summed E-state index contributed by atoms with van der Waals surface area (Å²) in [5, 5.41) is 3.54. The van der Waals surface area contributed by atoms with Gasteiger partial charge in [-0.25, -0.2) is 8.42 Å². The van der Waals surface area contributed by atoms with E-state index in [4.69, 9.17) is 23.2 Å². The topological polar surface area (TPSA) is 86.8 Å². The maximum absolute atomic E-state index is 14.1. The van der Waals surface area contributed by atoms with E-state index >= 15 is 0 Å². The van der Waals surface area contributed by atoms with Crippen LogP contribution in [0.4, 0.5) is 5.69 Å². The summed E-state index contributed by atoms with van der Waals surface area (Å²) < 4.78 is 29.5. The lowest BCUT2D eigenvalue weighted by Crippen LogP contribution is -2.53. The molecule has 0 radical (unpaired) electrons. The van der Waals surface area contributed by atoms with Gasteiger partial charge in [-0.15, -0.1) is 0 Å². The fraction of sp³-hybridized carbons (Fsp3) is 0.333. The highest BCUT2D eigenvalue weighted by atomic mass is 79.9. The summed E-state index contributed by atoms with van der Waals surface area (Å²) in [6.45, 7) is 1.20. The minimum Gasteiger partial charge on any atom is -0.352 e. The smallest absolute Gasteiger partial charge is 0.264 e. The normalized spacial score (nSPS) is 14.7. The summed E-state index contributed by atoms with van der Waals surface area (Å²) in [4.78, 5) is 28.9. The zero-order valence-corrected chi connectivity index (χ0v) is 26.5. The van der Waals surface area contributed by atoms with Crippen molar-refractivity contribution in [3.05, 3.63) is 92.9 Å². The van der Waals surface area contributed by atoms with Gasteiger partial charge in [-0.05, 0) is 67.8 Å². The van der Waals surface area contributed by atoms with E-state index in [-0.39, 0.29) is 39.1 Å². The fourth-order valence-corrected chi connectivity index (χ4v) is 7.30. The van der Waals surface area contributed by atoms with Crippen molar-refractivity contribution in [2.24, 2.45) is 0 Å². The molecule has 0 unspecified atom stereocenters. The zero-order valence-electron chi connectivity index (χ0n) is 22.6. The number of benzene rings is 3. The van der Waals surface area contributed by atoms with Crippen LogP contribution in [0.3, 0.4) is 0 Å². The third-order valence-corrected chi connectivity index (χ3v) is 9.82. The second-order valence-corrected chi connectivity index (χ2v) is 13.8. The van der Waals surface area contributed by atoms with Gasteiger partial charge in [0.1, 0.15) is 12.6 Å². The Balaban J connectivity index is 1.69. The number of hydrogen-bond acceptors (Lipinski definition) is 4. The largest absolute Gasteiger partial charge is 0.352 e. The van der Waals surface area contributed by atoms with Gasteiger partial charge < -0.3 is 10.2 Å². The molecule has 3 aromatic carbocycles. The maximum Gasteiger partial charge on any atom is 0.264 e. The van der Waals surface area contributed by atoms with Crippen LogP contribution >= 0.6 is 39.1 Å². The second-order valence-electron chi connectivity index (χ2n) is 10.1. The highest BCUT2D eigenvalue weighted by molar-refractivity contribution is 9.10. The number of carbonyl (C=O) groups is 2. The molecular weight excluding hydrogens is 649 g/mol. The van der Waals surface area contributed by atoms with Crippen LogP contribution in [0, 0.1) is 0 Å². The molecular formula is C30H32BrCl2N3O4S. The Morgan fingerprint density at radius 3 is 2.24 bits per heavy atom. The van der Waals surface area contributed by atoms with Crippen LogP contribution < -0.4 is 9.62 Å². The highest BCUT2D eigenvalue weighted by Crippen LogP contribution is 2.30. The maximum atomic E-state index is 14.1. The summed E-state index contributed by atoms with van der Waals surface area (Å²) in [5.74, 6) is -0.824. The Labute approximate surface area is 260 Å². The van der Waals surface area contributed by atoms with Gasteiger partial charge in [-0.1, -0.05) is 88.7 Å². The van der Waals surface area contributed by atoms with E-state index < -0.39 is 28.5 Å². The van der Waals surface area contributed by atoms with Gasteiger partial charge in [0.25, 0.3) is 10.0 Å². The summed E-state index contributed by atoms with van der Waals surface area (Å²) in [6, 6.07) is 18.8. The van der Waals surface area contributed by atoms with Gasteiger partial charge >= 0.3 is 0 Å².